The summed E-state index contributed by atoms with van der Waals surface area (Å²) in [6.07, 6.45) is 1.69. The van der Waals surface area contributed by atoms with Crippen LogP contribution in [0.1, 0.15) is 0 Å². The molecule has 0 aliphatic rings. The van der Waals surface area contributed by atoms with E-state index in [1.165, 1.54) is 26.0 Å². The second-order valence-corrected chi connectivity index (χ2v) is 6.64. The van der Waals surface area contributed by atoms with Crippen molar-refractivity contribution in [3.8, 4) is 11.5 Å². The van der Waals surface area contributed by atoms with E-state index in [1.807, 2.05) is 0 Å². The van der Waals surface area contributed by atoms with Crippen LogP contribution in [0.25, 0.3) is 0 Å². The smallest absolute Gasteiger partial charge is 0.328 e. The second-order valence-electron chi connectivity index (χ2n) is 5.59. The van der Waals surface area contributed by atoms with Gasteiger partial charge in [0.25, 0.3) is 0 Å². The number of hydrogen-bond acceptors (Lipinski definition) is 6. The topological polar surface area (TPSA) is 114 Å². The maximum absolute atomic E-state index is 12.3. The third-order valence-corrected chi connectivity index (χ3v) is 4.56. The molecule has 0 spiro atoms. The number of methoxy groups -OCH3 is 2. The first-order chi connectivity index (χ1) is 13.9. The van der Waals surface area contributed by atoms with Gasteiger partial charge < -0.3 is 25.2 Å². The average Bonchev–Trinajstić information content (AvgIpc) is 2.71. The molecule has 2 rings (SSSR count). The van der Waals surface area contributed by atoms with Gasteiger partial charge in [-0.25, -0.2) is 4.79 Å². The number of anilines is 2. The first-order valence-corrected chi connectivity index (χ1v) is 9.36. The Morgan fingerprint density at radius 2 is 1.72 bits per heavy atom. The van der Waals surface area contributed by atoms with Gasteiger partial charge in [0.15, 0.2) is 0 Å². The number of nitrogens with one attached hydrogen (secondary N) is 2. The fourth-order valence-electron chi connectivity index (χ4n) is 2.21. The van der Waals surface area contributed by atoms with Crippen molar-refractivity contribution in [2.24, 2.45) is 0 Å². The van der Waals surface area contributed by atoms with E-state index >= 15 is 0 Å². The summed E-state index contributed by atoms with van der Waals surface area (Å²) in [5.41, 5.74) is 1.03. The van der Waals surface area contributed by atoms with Gasteiger partial charge in [0.05, 0.1) is 25.7 Å². The Kier molecular flexibility index (Phi) is 8.11. The lowest BCUT2D eigenvalue weighted by molar-refractivity contribution is -0.131. The van der Waals surface area contributed by atoms with Crippen LogP contribution in [0.2, 0.25) is 0 Å². The fraction of sp³-hybridized carbons (Fsp3) is 0.150. The molecule has 0 bridgehead atoms. The molecule has 29 heavy (non-hydrogen) atoms. The number of thioether (sulfide) groups is 1. The summed E-state index contributed by atoms with van der Waals surface area (Å²) in [6, 6.07) is 12.0. The van der Waals surface area contributed by atoms with E-state index in [4.69, 9.17) is 14.6 Å². The normalized spacial score (nSPS) is 10.4. The van der Waals surface area contributed by atoms with Crippen molar-refractivity contribution in [3.05, 3.63) is 54.6 Å². The average molecular weight is 416 g/mol. The molecule has 9 heteroatoms. The molecular weight excluding hydrogens is 396 g/mol. The predicted octanol–water partition coefficient (Wildman–Crippen LogP) is 3.01. The van der Waals surface area contributed by atoms with Gasteiger partial charge in [-0.2, -0.15) is 0 Å². The number of aliphatic carboxylic acids is 1. The van der Waals surface area contributed by atoms with Gasteiger partial charge in [0.1, 0.15) is 11.5 Å². The van der Waals surface area contributed by atoms with E-state index in [9.17, 15) is 14.4 Å². The van der Waals surface area contributed by atoms with Crippen LogP contribution in [0.4, 0.5) is 11.4 Å². The van der Waals surface area contributed by atoms with Crippen LogP contribution < -0.4 is 20.1 Å². The molecular formula is C20H20N2O6S. The molecule has 3 N–H and O–H groups in total. The Balaban J connectivity index is 1.89. The van der Waals surface area contributed by atoms with Crippen LogP contribution in [-0.4, -0.2) is 42.9 Å². The molecule has 2 aromatic carbocycles. The number of carboxylic acid groups (broad SMARTS) is 1. The van der Waals surface area contributed by atoms with Crippen molar-refractivity contribution in [1.82, 2.24) is 0 Å². The molecule has 0 radical (unpaired) electrons. The number of ether oxygens (including phenoxy) is 2. The molecule has 0 saturated carbocycles. The van der Waals surface area contributed by atoms with Crippen molar-refractivity contribution in [3.63, 3.8) is 0 Å². The van der Waals surface area contributed by atoms with E-state index in [0.717, 1.165) is 17.0 Å². The van der Waals surface area contributed by atoms with Gasteiger partial charge in [0, 0.05) is 28.8 Å². The Labute approximate surface area is 171 Å². The van der Waals surface area contributed by atoms with E-state index in [-0.39, 0.29) is 11.7 Å². The maximum Gasteiger partial charge on any atom is 0.328 e. The van der Waals surface area contributed by atoms with Gasteiger partial charge in [-0.1, -0.05) is 0 Å². The monoisotopic (exact) mass is 416 g/mol. The van der Waals surface area contributed by atoms with E-state index in [2.05, 4.69) is 10.6 Å². The summed E-state index contributed by atoms with van der Waals surface area (Å²) in [6.45, 7) is 0. The van der Waals surface area contributed by atoms with Crippen LogP contribution in [0.15, 0.2) is 59.5 Å². The van der Waals surface area contributed by atoms with Crippen LogP contribution in [0, 0.1) is 0 Å². The Hall–Kier alpha value is -3.46. The third kappa shape index (κ3) is 7.23. The molecule has 0 fully saturated rings. The summed E-state index contributed by atoms with van der Waals surface area (Å²) < 4.78 is 10.4. The molecule has 0 aromatic heterocycles. The summed E-state index contributed by atoms with van der Waals surface area (Å²) in [5, 5.41) is 13.8. The lowest BCUT2D eigenvalue weighted by atomic mass is 10.2. The molecule has 0 heterocycles. The molecule has 152 valence electrons. The van der Waals surface area contributed by atoms with Crippen molar-refractivity contribution in [2.75, 3.05) is 30.6 Å². The highest BCUT2D eigenvalue weighted by Gasteiger charge is 2.10. The lowest BCUT2D eigenvalue weighted by Gasteiger charge is -2.11. The van der Waals surface area contributed by atoms with Gasteiger partial charge in [-0.3, -0.25) is 9.59 Å². The number of carboxylic acids is 1. The lowest BCUT2D eigenvalue weighted by Crippen LogP contribution is -2.14. The minimum absolute atomic E-state index is 0.174. The van der Waals surface area contributed by atoms with E-state index in [0.29, 0.717) is 22.9 Å². The van der Waals surface area contributed by atoms with Gasteiger partial charge >= 0.3 is 5.97 Å². The summed E-state index contributed by atoms with van der Waals surface area (Å²) in [4.78, 5) is 35.0. The molecule has 0 saturated heterocycles. The van der Waals surface area contributed by atoms with Gasteiger partial charge in [-0.15, -0.1) is 11.8 Å². The van der Waals surface area contributed by atoms with E-state index < -0.39 is 11.9 Å². The predicted molar refractivity (Wildman–Crippen MR) is 111 cm³/mol. The van der Waals surface area contributed by atoms with Gasteiger partial charge in [-0.05, 0) is 36.4 Å². The SMILES string of the molecule is COc1ccc(OC)c(NC(=O)CSc2ccc(NC(=O)/C=C/C(=O)O)cc2)c1. The van der Waals surface area contributed by atoms with Crippen LogP contribution in [0.3, 0.4) is 0 Å². The molecule has 0 aliphatic heterocycles. The maximum atomic E-state index is 12.3. The summed E-state index contributed by atoms with van der Waals surface area (Å²) in [7, 11) is 3.06. The minimum atomic E-state index is -1.20. The number of carbonyl (C=O) groups excluding carboxylic acids is 2. The van der Waals surface area contributed by atoms with Gasteiger partial charge in [0.2, 0.25) is 11.8 Å². The molecule has 8 nitrogen and oxygen atoms in total. The van der Waals surface area contributed by atoms with Crippen molar-refractivity contribution < 1.29 is 29.0 Å². The Morgan fingerprint density at radius 3 is 2.34 bits per heavy atom. The first kappa shape index (κ1) is 21.8. The second kappa shape index (κ2) is 10.8. The highest BCUT2D eigenvalue weighted by Crippen LogP contribution is 2.29. The fourth-order valence-corrected chi connectivity index (χ4v) is 2.91. The van der Waals surface area contributed by atoms with E-state index in [1.54, 1.807) is 42.5 Å². The largest absolute Gasteiger partial charge is 0.497 e. The minimum Gasteiger partial charge on any atom is -0.497 e. The molecule has 2 amide bonds. The van der Waals surface area contributed by atoms with Crippen LogP contribution in [-0.2, 0) is 14.4 Å². The Bertz CT molecular complexity index is 912. The first-order valence-electron chi connectivity index (χ1n) is 8.38. The quantitative estimate of drug-likeness (QED) is 0.425. The van der Waals surface area contributed by atoms with Crippen molar-refractivity contribution in [2.45, 2.75) is 4.90 Å². The number of benzene rings is 2. The zero-order chi connectivity index (χ0) is 21.2. The Morgan fingerprint density at radius 1 is 1.00 bits per heavy atom. The number of hydrogen-bond donors (Lipinski definition) is 3. The summed E-state index contributed by atoms with van der Waals surface area (Å²) in [5.74, 6) is -0.646. The number of rotatable bonds is 9. The molecule has 2 aromatic rings. The highest BCUT2D eigenvalue weighted by molar-refractivity contribution is 8.00. The number of amides is 2. The molecule has 0 atom stereocenters. The zero-order valence-electron chi connectivity index (χ0n) is 15.8. The van der Waals surface area contributed by atoms with Crippen LogP contribution >= 0.6 is 11.8 Å². The summed E-state index contributed by atoms with van der Waals surface area (Å²) >= 11 is 1.32. The molecule has 0 aliphatic carbocycles. The highest BCUT2D eigenvalue weighted by atomic mass is 32.2. The third-order valence-electron chi connectivity index (χ3n) is 3.55. The standard InChI is InChI=1S/C20H20N2O6S/c1-27-14-5-8-17(28-2)16(11-14)22-19(24)12-29-15-6-3-13(4-7-15)21-18(23)9-10-20(25)26/h3-11H,12H2,1-2H3,(H,21,23)(H,22,24)(H,25,26)/b10-9+. The van der Waals surface area contributed by atoms with Crippen molar-refractivity contribution in [1.29, 1.82) is 0 Å². The van der Waals surface area contributed by atoms with Crippen molar-refractivity contribution >= 4 is 40.9 Å². The van der Waals surface area contributed by atoms with Crippen LogP contribution in [0.5, 0.6) is 11.5 Å². The molecule has 0 unspecified atom stereocenters. The number of carbonyl (C=O) groups is 3. The zero-order valence-corrected chi connectivity index (χ0v) is 16.6.